The number of hydrogen-bond acceptors (Lipinski definition) is 4. The number of benzene rings is 2. The van der Waals surface area contributed by atoms with Crippen LogP contribution >= 0.6 is 0 Å². The molecule has 0 aromatic heterocycles. The highest BCUT2D eigenvalue weighted by Crippen LogP contribution is 2.17. The van der Waals surface area contributed by atoms with Gasteiger partial charge in [-0.25, -0.2) is 8.42 Å². The van der Waals surface area contributed by atoms with Crippen LogP contribution in [0, 0.1) is 0 Å². The molecule has 0 saturated carbocycles. The van der Waals surface area contributed by atoms with Crippen LogP contribution in [0.5, 0.6) is 5.75 Å². The maximum absolute atomic E-state index is 12.7. The molecule has 0 amide bonds. The molecule has 1 unspecified atom stereocenters. The van der Waals surface area contributed by atoms with E-state index in [1.54, 1.807) is 31.4 Å². The van der Waals surface area contributed by atoms with E-state index in [0.29, 0.717) is 30.4 Å². The molecule has 0 heterocycles. The Labute approximate surface area is 174 Å². The van der Waals surface area contributed by atoms with Crippen molar-refractivity contribution >= 4 is 15.8 Å². The van der Waals surface area contributed by atoms with E-state index in [0.717, 1.165) is 17.7 Å². The molecular formula is C22H31N3O3S. The summed E-state index contributed by atoms with van der Waals surface area (Å²) in [6, 6.07) is 16.2. The maximum atomic E-state index is 12.7. The van der Waals surface area contributed by atoms with Gasteiger partial charge in [0.1, 0.15) is 5.75 Å². The zero-order chi connectivity index (χ0) is 21.1. The summed E-state index contributed by atoms with van der Waals surface area (Å²) in [7, 11) is -1.71. The molecule has 0 aliphatic rings. The fourth-order valence-corrected chi connectivity index (χ4v) is 4.57. The zero-order valence-corrected chi connectivity index (χ0v) is 18.2. The van der Waals surface area contributed by atoms with Gasteiger partial charge in [-0.15, -0.1) is 0 Å². The summed E-state index contributed by atoms with van der Waals surface area (Å²) in [4.78, 5) is 4.96. The van der Waals surface area contributed by atoms with Crippen molar-refractivity contribution in [1.82, 2.24) is 10.6 Å². The SMILES string of the molecule is CCNC(=NCCc1ccccc1OC)NC(CC)CS(=O)(=O)c1ccccc1. The van der Waals surface area contributed by atoms with E-state index in [1.165, 1.54) is 0 Å². The Morgan fingerprint density at radius 2 is 1.76 bits per heavy atom. The van der Waals surface area contributed by atoms with Crippen LogP contribution in [0.15, 0.2) is 64.5 Å². The van der Waals surface area contributed by atoms with Crippen molar-refractivity contribution in [3.8, 4) is 5.75 Å². The average Bonchev–Trinajstić information content (AvgIpc) is 2.74. The molecule has 0 spiro atoms. The number of rotatable bonds is 10. The second-order valence-corrected chi connectivity index (χ2v) is 8.70. The van der Waals surface area contributed by atoms with Gasteiger partial charge in [-0.2, -0.15) is 0 Å². The van der Waals surface area contributed by atoms with E-state index in [-0.39, 0.29) is 11.8 Å². The summed E-state index contributed by atoms with van der Waals surface area (Å²) in [6.07, 6.45) is 1.41. The van der Waals surface area contributed by atoms with Gasteiger partial charge in [0.05, 0.1) is 17.8 Å². The van der Waals surface area contributed by atoms with Gasteiger partial charge in [0.2, 0.25) is 0 Å². The quantitative estimate of drug-likeness (QED) is 0.459. The monoisotopic (exact) mass is 417 g/mol. The molecule has 0 aliphatic carbocycles. The molecule has 7 heteroatoms. The first-order valence-corrected chi connectivity index (χ1v) is 11.6. The molecule has 0 radical (unpaired) electrons. The van der Waals surface area contributed by atoms with Crippen LogP contribution in [0.25, 0.3) is 0 Å². The van der Waals surface area contributed by atoms with Crippen LogP contribution in [0.2, 0.25) is 0 Å². The Balaban J connectivity index is 2.04. The Bertz CT molecular complexity index is 883. The van der Waals surface area contributed by atoms with Crippen LogP contribution in [0.1, 0.15) is 25.8 Å². The fraction of sp³-hybridized carbons (Fsp3) is 0.409. The largest absolute Gasteiger partial charge is 0.496 e. The van der Waals surface area contributed by atoms with Gasteiger partial charge in [-0.3, -0.25) is 4.99 Å². The van der Waals surface area contributed by atoms with Gasteiger partial charge in [0.25, 0.3) is 0 Å². The minimum absolute atomic E-state index is 0.0183. The van der Waals surface area contributed by atoms with Crippen molar-refractivity contribution in [1.29, 1.82) is 0 Å². The first kappa shape index (κ1) is 22.7. The molecule has 29 heavy (non-hydrogen) atoms. The van der Waals surface area contributed by atoms with Gasteiger partial charge in [0.15, 0.2) is 15.8 Å². The summed E-state index contributed by atoms with van der Waals surface area (Å²) >= 11 is 0. The lowest BCUT2D eigenvalue weighted by Crippen LogP contribution is -2.46. The highest BCUT2D eigenvalue weighted by molar-refractivity contribution is 7.91. The van der Waals surface area contributed by atoms with Gasteiger partial charge >= 0.3 is 0 Å². The lowest BCUT2D eigenvalue weighted by Gasteiger charge is -2.20. The standard InChI is InChI=1S/C22H31N3O3S/c1-4-19(17-29(26,27)20-12-7-6-8-13-20)25-22(23-5-2)24-16-15-18-11-9-10-14-21(18)28-3/h6-14,19H,4-5,15-17H2,1-3H3,(H2,23,24,25). The Morgan fingerprint density at radius 1 is 1.07 bits per heavy atom. The number of ether oxygens (including phenoxy) is 1. The van der Waals surface area contributed by atoms with Gasteiger partial charge in [-0.1, -0.05) is 43.3 Å². The Kier molecular flexibility index (Phi) is 8.99. The van der Waals surface area contributed by atoms with Gasteiger partial charge in [-0.05, 0) is 43.5 Å². The fourth-order valence-electron chi connectivity index (χ4n) is 2.96. The third-order valence-electron chi connectivity index (χ3n) is 4.54. The maximum Gasteiger partial charge on any atom is 0.191 e. The number of methoxy groups -OCH3 is 1. The van der Waals surface area contributed by atoms with Gasteiger partial charge in [0, 0.05) is 19.1 Å². The summed E-state index contributed by atoms with van der Waals surface area (Å²) in [5.74, 6) is 1.49. The van der Waals surface area contributed by atoms with Crippen molar-refractivity contribution in [2.45, 2.75) is 37.6 Å². The zero-order valence-electron chi connectivity index (χ0n) is 17.4. The minimum atomic E-state index is -3.37. The van der Waals surface area contributed by atoms with Crippen LogP contribution in [0.4, 0.5) is 0 Å². The van der Waals surface area contributed by atoms with E-state index < -0.39 is 9.84 Å². The van der Waals surface area contributed by atoms with Crippen molar-refractivity contribution in [2.24, 2.45) is 4.99 Å². The van der Waals surface area contributed by atoms with Crippen LogP contribution in [-0.4, -0.2) is 46.4 Å². The number of nitrogens with one attached hydrogen (secondary N) is 2. The second-order valence-electron chi connectivity index (χ2n) is 6.67. The third-order valence-corrected chi connectivity index (χ3v) is 6.38. The third kappa shape index (κ3) is 7.09. The molecule has 6 nitrogen and oxygen atoms in total. The van der Waals surface area contributed by atoms with Crippen molar-refractivity contribution < 1.29 is 13.2 Å². The van der Waals surface area contributed by atoms with Crippen molar-refractivity contribution in [2.75, 3.05) is 26.0 Å². The molecule has 0 saturated heterocycles. The molecule has 158 valence electrons. The predicted molar refractivity (Wildman–Crippen MR) is 118 cm³/mol. The van der Waals surface area contributed by atoms with E-state index in [2.05, 4.69) is 15.6 Å². The second kappa shape index (κ2) is 11.5. The summed E-state index contributed by atoms with van der Waals surface area (Å²) in [5, 5.41) is 6.47. The van der Waals surface area contributed by atoms with Gasteiger partial charge < -0.3 is 15.4 Å². The molecule has 0 aliphatic heterocycles. The molecule has 0 bridgehead atoms. The van der Waals surface area contributed by atoms with Crippen molar-refractivity contribution in [3.05, 3.63) is 60.2 Å². The molecule has 2 aromatic carbocycles. The lowest BCUT2D eigenvalue weighted by molar-refractivity contribution is 0.410. The number of para-hydroxylation sites is 1. The molecule has 2 N–H and O–H groups in total. The van der Waals surface area contributed by atoms with E-state index in [9.17, 15) is 8.42 Å². The van der Waals surface area contributed by atoms with Crippen LogP contribution in [-0.2, 0) is 16.3 Å². The van der Waals surface area contributed by atoms with Crippen LogP contribution < -0.4 is 15.4 Å². The Morgan fingerprint density at radius 3 is 2.41 bits per heavy atom. The number of nitrogens with zero attached hydrogens (tertiary/aromatic N) is 1. The summed E-state index contributed by atoms with van der Waals surface area (Å²) in [5.41, 5.74) is 1.09. The molecule has 2 rings (SSSR count). The molecule has 0 fully saturated rings. The lowest BCUT2D eigenvalue weighted by atomic mass is 10.1. The number of sulfone groups is 1. The average molecular weight is 418 g/mol. The smallest absolute Gasteiger partial charge is 0.191 e. The normalized spacial score (nSPS) is 13.0. The Hall–Kier alpha value is -2.54. The number of guanidine groups is 1. The first-order valence-electron chi connectivity index (χ1n) is 9.94. The number of aliphatic imine (C=N–C) groups is 1. The minimum Gasteiger partial charge on any atom is -0.496 e. The van der Waals surface area contributed by atoms with Crippen LogP contribution in [0.3, 0.4) is 0 Å². The first-order chi connectivity index (χ1) is 14.0. The molecule has 2 aromatic rings. The van der Waals surface area contributed by atoms with E-state index in [4.69, 9.17) is 4.74 Å². The van der Waals surface area contributed by atoms with E-state index >= 15 is 0 Å². The number of hydrogen-bond donors (Lipinski definition) is 2. The molecule has 1 atom stereocenters. The highest BCUT2D eigenvalue weighted by Gasteiger charge is 2.20. The highest BCUT2D eigenvalue weighted by atomic mass is 32.2. The summed E-state index contributed by atoms with van der Waals surface area (Å²) < 4.78 is 30.8. The predicted octanol–water partition coefficient (Wildman–Crippen LogP) is 3.05. The van der Waals surface area contributed by atoms with E-state index in [1.807, 2.05) is 44.2 Å². The topological polar surface area (TPSA) is 79.8 Å². The summed E-state index contributed by atoms with van der Waals surface area (Å²) in [6.45, 7) is 5.22. The van der Waals surface area contributed by atoms with Crippen molar-refractivity contribution in [3.63, 3.8) is 0 Å². The molecular weight excluding hydrogens is 386 g/mol.